The maximum absolute atomic E-state index is 10.3. The van der Waals surface area contributed by atoms with Crippen LogP contribution in [-0.4, -0.2) is 11.2 Å². The highest BCUT2D eigenvalue weighted by atomic mass is 16.3. The van der Waals surface area contributed by atoms with Gasteiger partial charge in [0.05, 0.1) is 6.10 Å². The van der Waals surface area contributed by atoms with Gasteiger partial charge in [-0.1, -0.05) is 6.92 Å². The van der Waals surface area contributed by atoms with Crippen LogP contribution in [0.4, 0.5) is 0 Å². The van der Waals surface area contributed by atoms with Crippen LogP contribution in [0.25, 0.3) is 0 Å². The Labute approximate surface area is 80.5 Å². The topological polar surface area (TPSA) is 20.2 Å². The fraction of sp³-hybridized carbons (Fsp3) is 1.00. The molecule has 0 aliphatic heterocycles. The molecule has 1 nitrogen and oxygen atoms in total. The Hall–Kier alpha value is -0.0400. The van der Waals surface area contributed by atoms with Crippen LogP contribution in [0, 0.1) is 23.2 Å². The molecule has 1 N–H and O–H groups in total. The molecule has 4 aliphatic rings. The average molecular weight is 180 g/mol. The summed E-state index contributed by atoms with van der Waals surface area (Å²) in [5, 5.41) is 10.3. The number of aliphatic hydroxyl groups is 1. The van der Waals surface area contributed by atoms with E-state index in [-0.39, 0.29) is 6.10 Å². The van der Waals surface area contributed by atoms with Gasteiger partial charge in [-0.15, -0.1) is 0 Å². The van der Waals surface area contributed by atoms with Gasteiger partial charge in [0.2, 0.25) is 0 Å². The summed E-state index contributed by atoms with van der Waals surface area (Å²) in [6.07, 6.45) is 8.06. The van der Waals surface area contributed by atoms with Gasteiger partial charge in [-0.05, 0) is 61.7 Å². The molecular weight excluding hydrogens is 160 g/mol. The first-order valence-corrected chi connectivity index (χ1v) is 5.91. The van der Waals surface area contributed by atoms with Crippen molar-refractivity contribution in [2.24, 2.45) is 23.2 Å². The smallest absolute Gasteiger partial charge is 0.0624 e. The number of hydrogen-bond acceptors (Lipinski definition) is 1. The Balaban J connectivity index is 1.95. The maximum atomic E-state index is 10.3. The minimum Gasteiger partial charge on any atom is -0.392 e. The minimum absolute atomic E-state index is 0.0466. The molecule has 13 heavy (non-hydrogen) atoms. The third-order valence-electron chi connectivity index (χ3n) is 5.11. The van der Waals surface area contributed by atoms with Gasteiger partial charge in [-0.25, -0.2) is 0 Å². The van der Waals surface area contributed by atoms with E-state index in [2.05, 4.69) is 6.92 Å². The predicted molar refractivity (Wildman–Crippen MR) is 52.3 cm³/mol. The van der Waals surface area contributed by atoms with Gasteiger partial charge in [0, 0.05) is 0 Å². The van der Waals surface area contributed by atoms with E-state index in [9.17, 15) is 5.11 Å². The Morgan fingerprint density at radius 3 is 2.31 bits per heavy atom. The van der Waals surface area contributed by atoms with Gasteiger partial charge in [0.25, 0.3) is 0 Å². The molecule has 4 aliphatic carbocycles. The van der Waals surface area contributed by atoms with Gasteiger partial charge in [0.1, 0.15) is 0 Å². The van der Waals surface area contributed by atoms with Crippen LogP contribution in [0.15, 0.2) is 0 Å². The SMILES string of the molecule is CCC12CC3CC(CC(C3)C1O)C2. The quantitative estimate of drug-likeness (QED) is 0.657. The Morgan fingerprint density at radius 2 is 1.77 bits per heavy atom. The zero-order valence-electron chi connectivity index (χ0n) is 8.50. The summed E-state index contributed by atoms with van der Waals surface area (Å²) in [5.41, 5.74) is 0.356. The second-order valence-corrected chi connectivity index (χ2v) is 5.77. The predicted octanol–water partition coefficient (Wildman–Crippen LogP) is 2.58. The summed E-state index contributed by atoms with van der Waals surface area (Å²) in [7, 11) is 0. The lowest BCUT2D eigenvalue weighted by Gasteiger charge is -2.59. The minimum atomic E-state index is 0.0466. The van der Waals surface area contributed by atoms with Crippen LogP contribution in [0.5, 0.6) is 0 Å². The van der Waals surface area contributed by atoms with E-state index in [1.807, 2.05) is 0 Å². The molecule has 3 unspecified atom stereocenters. The monoisotopic (exact) mass is 180 g/mol. The normalized spacial score (nSPS) is 58.6. The van der Waals surface area contributed by atoms with Crippen molar-refractivity contribution in [3.63, 3.8) is 0 Å². The van der Waals surface area contributed by atoms with Crippen LogP contribution in [0.3, 0.4) is 0 Å². The van der Waals surface area contributed by atoms with Crippen molar-refractivity contribution >= 4 is 0 Å². The van der Waals surface area contributed by atoms with Crippen LogP contribution in [-0.2, 0) is 0 Å². The molecule has 0 aromatic heterocycles. The molecule has 0 saturated heterocycles. The van der Waals surface area contributed by atoms with Gasteiger partial charge < -0.3 is 5.11 Å². The van der Waals surface area contributed by atoms with Crippen LogP contribution >= 0.6 is 0 Å². The molecule has 4 fully saturated rings. The summed E-state index contributed by atoms with van der Waals surface area (Å²) >= 11 is 0. The highest BCUT2D eigenvalue weighted by Gasteiger charge is 2.55. The number of rotatable bonds is 1. The second-order valence-electron chi connectivity index (χ2n) is 5.77. The number of hydrogen-bond donors (Lipinski definition) is 1. The Kier molecular flexibility index (Phi) is 1.59. The first-order valence-electron chi connectivity index (χ1n) is 5.91. The zero-order chi connectivity index (χ0) is 9.05. The lowest BCUT2D eigenvalue weighted by Crippen LogP contribution is -2.55. The fourth-order valence-corrected chi connectivity index (χ4v) is 4.68. The van der Waals surface area contributed by atoms with E-state index < -0.39 is 0 Å². The third kappa shape index (κ3) is 0.971. The molecule has 74 valence electrons. The molecule has 0 heterocycles. The molecule has 4 bridgehead atoms. The summed E-state index contributed by atoms with van der Waals surface area (Å²) in [6, 6.07) is 0. The van der Waals surface area contributed by atoms with Crippen molar-refractivity contribution in [3.8, 4) is 0 Å². The lowest BCUT2D eigenvalue weighted by atomic mass is 9.47. The standard InChI is InChI=1S/C12H20O/c1-2-12-6-8-3-9(7-12)5-10(4-8)11(12)13/h8-11,13H,2-7H2,1H3. The average Bonchev–Trinajstić information content (AvgIpc) is 2.12. The first kappa shape index (κ1) is 8.28. The third-order valence-corrected chi connectivity index (χ3v) is 5.11. The van der Waals surface area contributed by atoms with Gasteiger partial charge in [0.15, 0.2) is 0 Å². The summed E-state index contributed by atoms with van der Waals surface area (Å²) < 4.78 is 0. The maximum Gasteiger partial charge on any atom is 0.0624 e. The summed E-state index contributed by atoms with van der Waals surface area (Å²) in [5.74, 6) is 2.62. The van der Waals surface area contributed by atoms with Gasteiger partial charge >= 0.3 is 0 Å². The summed E-state index contributed by atoms with van der Waals surface area (Å²) in [4.78, 5) is 0. The van der Waals surface area contributed by atoms with E-state index in [4.69, 9.17) is 0 Å². The van der Waals surface area contributed by atoms with Crippen molar-refractivity contribution < 1.29 is 5.11 Å². The molecule has 1 heteroatoms. The highest BCUT2D eigenvalue weighted by Crippen LogP contribution is 2.61. The molecule has 0 amide bonds. The summed E-state index contributed by atoms with van der Waals surface area (Å²) in [6.45, 7) is 2.27. The van der Waals surface area contributed by atoms with E-state index in [0.717, 1.165) is 11.8 Å². The van der Waals surface area contributed by atoms with Crippen molar-refractivity contribution in [2.75, 3.05) is 0 Å². The second kappa shape index (κ2) is 2.50. The largest absolute Gasteiger partial charge is 0.392 e. The van der Waals surface area contributed by atoms with E-state index in [0.29, 0.717) is 11.3 Å². The van der Waals surface area contributed by atoms with E-state index >= 15 is 0 Å². The zero-order valence-corrected chi connectivity index (χ0v) is 8.50. The van der Waals surface area contributed by atoms with E-state index in [1.165, 1.54) is 38.5 Å². The Morgan fingerprint density at radius 1 is 1.15 bits per heavy atom. The highest BCUT2D eigenvalue weighted by molar-refractivity contribution is 5.05. The van der Waals surface area contributed by atoms with Gasteiger partial charge in [-0.3, -0.25) is 0 Å². The van der Waals surface area contributed by atoms with Crippen molar-refractivity contribution in [1.82, 2.24) is 0 Å². The molecule has 3 atom stereocenters. The molecular formula is C12H20O. The van der Waals surface area contributed by atoms with Crippen LogP contribution in [0.1, 0.15) is 45.4 Å². The molecule has 4 rings (SSSR count). The van der Waals surface area contributed by atoms with Crippen molar-refractivity contribution in [2.45, 2.75) is 51.6 Å². The van der Waals surface area contributed by atoms with Crippen molar-refractivity contribution in [3.05, 3.63) is 0 Å². The fourth-order valence-electron chi connectivity index (χ4n) is 4.68. The first-order chi connectivity index (χ1) is 6.23. The Bertz CT molecular complexity index is 209. The van der Waals surface area contributed by atoms with Crippen LogP contribution in [0.2, 0.25) is 0 Å². The molecule has 4 saturated carbocycles. The lowest BCUT2D eigenvalue weighted by molar-refractivity contribution is -0.156. The molecule has 0 aromatic carbocycles. The number of aliphatic hydroxyl groups excluding tert-OH is 1. The molecule has 0 aromatic rings. The molecule has 0 spiro atoms. The molecule has 0 radical (unpaired) electrons. The van der Waals surface area contributed by atoms with E-state index in [1.54, 1.807) is 0 Å². The van der Waals surface area contributed by atoms with Crippen molar-refractivity contribution in [1.29, 1.82) is 0 Å². The van der Waals surface area contributed by atoms with Gasteiger partial charge in [-0.2, -0.15) is 0 Å². The van der Waals surface area contributed by atoms with Crippen LogP contribution < -0.4 is 0 Å².